The Kier molecular flexibility index (Phi) is 5.59. The van der Waals surface area contributed by atoms with Crippen molar-refractivity contribution in [1.29, 1.82) is 0 Å². The van der Waals surface area contributed by atoms with Gasteiger partial charge in [0.05, 0.1) is 23.6 Å². The highest BCUT2D eigenvalue weighted by molar-refractivity contribution is 6.01. The van der Waals surface area contributed by atoms with Crippen LogP contribution in [0.4, 0.5) is 0 Å². The van der Waals surface area contributed by atoms with E-state index in [1.807, 2.05) is 0 Å². The number of carboxylic acid groups (broad SMARTS) is 1. The predicted molar refractivity (Wildman–Crippen MR) is 79.0 cm³/mol. The van der Waals surface area contributed by atoms with Crippen molar-refractivity contribution in [2.24, 2.45) is 0 Å². The van der Waals surface area contributed by atoms with Crippen LogP contribution in [-0.2, 0) is 4.74 Å². The molecule has 1 aromatic rings. The van der Waals surface area contributed by atoms with E-state index in [1.165, 1.54) is 19.3 Å². The Labute approximate surface area is 131 Å². The van der Waals surface area contributed by atoms with E-state index in [4.69, 9.17) is 10.2 Å². The van der Waals surface area contributed by atoms with Gasteiger partial charge < -0.3 is 14.6 Å². The van der Waals surface area contributed by atoms with Gasteiger partial charge in [-0.2, -0.15) is 0 Å². The topological polar surface area (TPSA) is 66.4 Å². The van der Waals surface area contributed by atoms with Gasteiger partial charge in [-0.15, -0.1) is 0 Å². The molecule has 4 heteroatoms. The zero-order chi connectivity index (χ0) is 19.0. The van der Waals surface area contributed by atoms with Gasteiger partial charge in [-0.05, 0) is 12.5 Å². The first-order valence-electron chi connectivity index (χ1n) is 9.31. The Morgan fingerprint density at radius 2 is 1.62 bits per heavy atom. The van der Waals surface area contributed by atoms with Crippen molar-refractivity contribution in [3.05, 3.63) is 35.3 Å². The van der Waals surface area contributed by atoms with Gasteiger partial charge in [0.25, 0.3) is 0 Å². The molecule has 0 saturated carbocycles. The maximum Gasteiger partial charge on any atom is 0.338 e. The molecule has 1 aromatic carbocycles. The Balaban J connectivity index is 2.71. The zero-order valence-corrected chi connectivity index (χ0v) is 12.3. The molecule has 0 bridgehead atoms. The smallest absolute Gasteiger partial charge is 0.338 e. The summed E-state index contributed by atoms with van der Waals surface area (Å²) in [7, 11) is 0. The van der Waals surface area contributed by atoms with Gasteiger partial charge in [0.2, 0.25) is 0 Å². The van der Waals surface area contributed by atoms with E-state index in [1.54, 1.807) is 0 Å². The van der Waals surface area contributed by atoms with Crippen LogP contribution in [-0.4, -0.2) is 18.5 Å². The molecule has 0 aliphatic carbocycles. The number of benzene rings is 1. The van der Waals surface area contributed by atoms with Crippen LogP contribution < -0.4 is 5.11 Å². The minimum Gasteiger partial charge on any atom is -0.545 e. The highest BCUT2D eigenvalue weighted by atomic mass is 16.5. The molecule has 0 N–H and O–H groups in total. The van der Waals surface area contributed by atoms with E-state index in [0.29, 0.717) is 6.42 Å². The molecule has 0 aliphatic heterocycles. The maximum absolute atomic E-state index is 12.1. The number of carboxylic acids is 1. The van der Waals surface area contributed by atoms with Gasteiger partial charge in [0.1, 0.15) is 0 Å². The fourth-order valence-electron chi connectivity index (χ4n) is 1.91. The monoisotopic (exact) mass is 295 g/mol. The SMILES string of the molecule is [2H]c1c([2H])c([2H])c(C(=O)OCCCCCCCCC)c(C(=O)[O-])c1[2H]. The average molecular weight is 295 g/mol. The zero-order valence-electron chi connectivity index (χ0n) is 16.3. The standard InChI is InChI=1S/C17H24O4/c1-2-3-4-5-6-7-10-13-21-17(20)15-12-9-8-11-14(15)16(18)19/h8-9,11-12H,2-7,10,13H2,1H3,(H,18,19)/p-1/i8D,9D,11D,12D. The van der Waals surface area contributed by atoms with Crippen molar-refractivity contribution >= 4 is 11.9 Å². The summed E-state index contributed by atoms with van der Waals surface area (Å²) in [6.07, 6.45) is 7.16. The third-order valence-electron chi connectivity index (χ3n) is 3.08. The molecule has 0 spiro atoms. The third kappa shape index (κ3) is 6.43. The summed E-state index contributed by atoms with van der Waals surface area (Å²) in [6, 6.07) is -2.96. The Morgan fingerprint density at radius 1 is 1.05 bits per heavy atom. The van der Waals surface area contributed by atoms with Crippen molar-refractivity contribution in [2.45, 2.75) is 51.9 Å². The molecule has 116 valence electrons. The van der Waals surface area contributed by atoms with Crippen LogP contribution in [0, 0.1) is 0 Å². The van der Waals surface area contributed by atoms with Crippen molar-refractivity contribution < 1.29 is 24.9 Å². The second-order valence-corrected chi connectivity index (χ2v) is 4.79. The summed E-state index contributed by atoms with van der Waals surface area (Å²) in [5.74, 6) is -2.91. The Morgan fingerprint density at radius 3 is 2.24 bits per heavy atom. The molecule has 0 saturated heterocycles. The highest BCUT2D eigenvalue weighted by Gasteiger charge is 2.12. The molecular weight excluding hydrogens is 268 g/mol. The molecular formula is C17H23O4-. The lowest BCUT2D eigenvalue weighted by atomic mass is 10.1. The van der Waals surface area contributed by atoms with E-state index < -0.39 is 47.2 Å². The normalized spacial score (nSPS) is 13.0. The molecule has 0 heterocycles. The summed E-state index contributed by atoms with van der Waals surface area (Å²) in [4.78, 5) is 23.3. The van der Waals surface area contributed by atoms with Gasteiger partial charge in [-0.1, -0.05) is 63.6 Å². The van der Waals surface area contributed by atoms with Crippen LogP contribution >= 0.6 is 0 Å². The van der Waals surface area contributed by atoms with Crippen LogP contribution in [0.3, 0.4) is 0 Å². The number of unbranched alkanes of at least 4 members (excludes halogenated alkanes) is 6. The predicted octanol–water partition coefficient (Wildman–Crippen LogP) is 2.96. The fourth-order valence-corrected chi connectivity index (χ4v) is 1.91. The van der Waals surface area contributed by atoms with E-state index in [2.05, 4.69) is 6.92 Å². The van der Waals surface area contributed by atoms with E-state index in [9.17, 15) is 14.7 Å². The number of carbonyl (C=O) groups is 2. The van der Waals surface area contributed by atoms with Gasteiger partial charge in [-0.25, -0.2) is 4.79 Å². The number of hydrogen-bond acceptors (Lipinski definition) is 4. The number of ether oxygens (including phenoxy) is 1. The summed E-state index contributed by atoms with van der Waals surface area (Å²) < 4.78 is 35.4. The highest BCUT2D eigenvalue weighted by Crippen LogP contribution is 2.11. The van der Waals surface area contributed by atoms with Crippen molar-refractivity contribution in [3.63, 3.8) is 0 Å². The van der Waals surface area contributed by atoms with Crippen molar-refractivity contribution in [2.75, 3.05) is 6.61 Å². The summed E-state index contributed by atoms with van der Waals surface area (Å²) in [5, 5.41) is 11.2. The molecule has 0 aromatic heterocycles. The summed E-state index contributed by atoms with van der Waals surface area (Å²) >= 11 is 0. The lowest BCUT2D eigenvalue weighted by molar-refractivity contribution is -0.255. The molecule has 4 nitrogen and oxygen atoms in total. The summed E-state index contributed by atoms with van der Waals surface area (Å²) in [6.45, 7) is 2.21. The number of esters is 1. The number of hydrogen-bond donors (Lipinski definition) is 0. The van der Waals surface area contributed by atoms with Crippen LogP contribution in [0.1, 0.15) is 78.1 Å². The van der Waals surface area contributed by atoms with Crippen LogP contribution in [0.5, 0.6) is 0 Å². The lowest BCUT2D eigenvalue weighted by Gasteiger charge is -2.10. The molecule has 0 atom stereocenters. The Hall–Kier alpha value is -1.84. The van der Waals surface area contributed by atoms with Crippen LogP contribution in [0.25, 0.3) is 0 Å². The van der Waals surface area contributed by atoms with Crippen molar-refractivity contribution in [3.8, 4) is 0 Å². The van der Waals surface area contributed by atoms with Crippen LogP contribution in [0.2, 0.25) is 0 Å². The Bertz CT molecular complexity index is 632. The molecule has 0 amide bonds. The van der Waals surface area contributed by atoms with E-state index >= 15 is 0 Å². The minimum atomic E-state index is -1.84. The molecule has 0 fully saturated rings. The number of carbonyl (C=O) groups excluding carboxylic acids is 2. The minimum absolute atomic E-state index is 0.0713. The first-order valence-corrected chi connectivity index (χ1v) is 7.31. The maximum atomic E-state index is 12.1. The van der Waals surface area contributed by atoms with Gasteiger partial charge in [0.15, 0.2) is 0 Å². The first-order chi connectivity index (χ1) is 11.8. The third-order valence-corrected chi connectivity index (χ3v) is 3.08. The fraction of sp³-hybridized carbons (Fsp3) is 0.529. The van der Waals surface area contributed by atoms with E-state index in [-0.39, 0.29) is 6.61 Å². The molecule has 0 radical (unpaired) electrons. The molecule has 0 unspecified atom stereocenters. The quantitative estimate of drug-likeness (QED) is 0.491. The number of rotatable bonds is 10. The van der Waals surface area contributed by atoms with E-state index in [0.717, 1.165) is 19.3 Å². The lowest BCUT2D eigenvalue weighted by Crippen LogP contribution is -2.25. The largest absolute Gasteiger partial charge is 0.545 e. The second-order valence-electron chi connectivity index (χ2n) is 4.79. The number of aromatic carboxylic acids is 1. The van der Waals surface area contributed by atoms with Gasteiger partial charge >= 0.3 is 5.97 Å². The van der Waals surface area contributed by atoms with Crippen LogP contribution in [0.15, 0.2) is 24.2 Å². The molecule has 21 heavy (non-hydrogen) atoms. The molecule has 0 aliphatic rings. The van der Waals surface area contributed by atoms with Crippen molar-refractivity contribution in [1.82, 2.24) is 0 Å². The summed E-state index contributed by atoms with van der Waals surface area (Å²) in [5.41, 5.74) is -1.55. The average Bonchev–Trinajstić information content (AvgIpc) is 2.57. The first kappa shape index (κ1) is 11.8. The molecule has 1 rings (SSSR count). The van der Waals surface area contributed by atoms with Gasteiger partial charge in [0, 0.05) is 5.56 Å². The second kappa shape index (κ2) is 9.97. The van der Waals surface area contributed by atoms with Gasteiger partial charge in [-0.3, -0.25) is 0 Å².